The molecule has 0 aliphatic heterocycles. The average Bonchev–Trinajstić information content (AvgIpc) is 2.97. The fraction of sp³-hybridized carbons (Fsp3) is 0.182. The molecule has 0 spiro atoms. The number of anilines is 2. The van der Waals surface area contributed by atoms with Gasteiger partial charge in [0.05, 0.1) is 25.1 Å². The standard InChI is InChI=1S/C11H11FN6O4/c12-8-6-14-11(16-10(8)13-3-4-19)17-15-5-7-1-2-9(22-7)18(20)21/h1-2,5-6,19H,3-4H2,(H2,13,14,16,17)/b15-5+. The van der Waals surface area contributed by atoms with Crippen LogP contribution in [0, 0.1) is 15.9 Å². The number of halogens is 1. The predicted molar refractivity (Wildman–Crippen MR) is 74.1 cm³/mol. The van der Waals surface area contributed by atoms with E-state index in [-0.39, 0.29) is 30.7 Å². The molecule has 0 atom stereocenters. The van der Waals surface area contributed by atoms with Gasteiger partial charge in [-0.2, -0.15) is 10.1 Å². The molecular weight excluding hydrogens is 299 g/mol. The minimum absolute atomic E-state index is 0.000791. The second-order valence-corrected chi connectivity index (χ2v) is 3.84. The summed E-state index contributed by atoms with van der Waals surface area (Å²) < 4.78 is 18.2. The molecule has 0 radical (unpaired) electrons. The molecule has 0 aliphatic rings. The first-order chi connectivity index (χ1) is 10.6. The van der Waals surface area contributed by atoms with E-state index < -0.39 is 16.6 Å². The number of nitro groups is 1. The molecule has 0 saturated carbocycles. The highest BCUT2D eigenvalue weighted by Crippen LogP contribution is 2.14. The zero-order valence-corrected chi connectivity index (χ0v) is 11.1. The van der Waals surface area contributed by atoms with Crippen molar-refractivity contribution in [3.63, 3.8) is 0 Å². The van der Waals surface area contributed by atoms with Crippen molar-refractivity contribution in [3.8, 4) is 0 Å². The molecule has 2 heterocycles. The molecule has 2 aromatic heterocycles. The Bertz CT molecular complexity index is 689. The molecule has 2 rings (SSSR count). The molecule has 0 aromatic carbocycles. The Labute approximate surface area is 122 Å². The van der Waals surface area contributed by atoms with Crippen molar-refractivity contribution in [2.75, 3.05) is 23.9 Å². The quantitative estimate of drug-likeness (QED) is 0.390. The number of hydrazone groups is 1. The highest BCUT2D eigenvalue weighted by Gasteiger charge is 2.10. The van der Waals surface area contributed by atoms with Crippen molar-refractivity contribution >= 4 is 23.9 Å². The van der Waals surface area contributed by atoms with Crippen molar-refractivity contribution in [1.82, 2.24) is 9.97 Å². The van der Waals surface area contributed by atoms with Crippen LogP contribution in [-0.4, -0.2) is 39.4 Å². The van der Waals surface area contributed by atoms with Crippen LogP contribution in [0.25, 0.3) is 0 Å². The number of nitrogens with zero attached hydrogens (tertiary/aromatic N) is 4. The Morgan fingerprint density at radius 1 is 1.55 bits per heavy atom. The van der Waals surface area contributed by atoms with Gasteiger partial charge >= 0.3 is 5.88 Å². The topological polar surface area (TPSA) is 139 Å². The van der Waals surface area contributed by atoms with E-state index in [2.05, 4.69) is 25.8 Å². The average molecular weight is 310 g/mol. The Balaban J connectivity index is 2.00. The van der Waals surface area contributed by atoms with Crippen molar-refractivity contribution in [1.29, 1.82) is 0 Å². The number of aliphatic hydroxyl groups excluding tert-OH is 1. The molecule has 0 unspecified atom stereocenters. The summed E-state index contributed by atoms with van der Waals surface area (Å²) in [5, 5.41) is 25.4. The molecule has 10 nitrogen and oxygen atoms in total. The summed E-state index contributed by atoms with van der Waals surface area (Å²) in [5.41, 5.74) is 2.42. The van der Waals surface area contributed by atoms with Crippen molar-refractivity contribution < 1.29 is 18.8 Å². The number of furan rings is 1. The van der Waals surface area contributed by atoms with E-state index in [1.807, 2.05) is 0 Å². The molecular formula is C11H11FN6O4. The monoisotopic (exact) mass is 310 g/mol. The maximum atomic E-state index is 13.3. The molecule has 0 amide bonds. The number of nitrogens with one attached hydrogen (secondary N) is 2. The third-order valence-electron chi connectivity index (χ3n) is 2.30. The SMILES string of the molecule is O=[N+]([O-])c1ccc(/C=N/Nc2ncc(F)c(NCCO)n2)o1. The summed E-state index contributed by atoms with van der Waals surface area (Å²) in [7, 11) is 0. The van der Waals surface area contributed by atoms with Crippen molar-refractivity contribution in [2.45, 2.75) is 0 Å². The molecule has 3 N–H and O–H groups in total. The number of aromatic nitrogens is 2. The second-order valence-electron chi connectivity index (χ2n) is 3.84. The lowest BCUT2D eigenvalue weighted by Crippen LogP contribution is -2.10. The summed E-state index contributed by atoms with van der Waals surface area (Å²) in [5.74, 6) is -1.02. The number of hydrogen-bond acceptors (Lipinski definition) is 9. The maximum Gasteiger partial charge on any atom is 0.433 e. The van der Waals surface area contributed by atoms with Crippen LogP contribution in [0.2, 0.25) is 0 Å². The first kappa shape index (κ1) is 15.3. The van der Waals surface area contributed by atoms with Crippen molar-refractivity contribution in [2.24, 2.45) is 5.10 Å². The first-order valence-corrected chi connectivity index (χ1v) is 6.00. The molecule has 0 bridgehead atoms. The van der Waals surface area contributed by atoms with E-state index in [0.29, 0.717) is 0 Å². The van der Waals surface area contributed by atoms with E-state index in [4.69, 9.17) is 9.52 Å². The van der Waals surface area contributed by atoms with Gasteiger partial charge in [-0.15, -0.1) is 0 Å². The molecule has 22 heavy (non-hydrogen) atoms. The largest absolute Gasteiger partial charge is 0.433 e. The maximum absolute atomic E-state index is 13.3. The molecule has 11 heteroatoms. The third-order valence-corrected chi connectivity index (χ3v) is 2.30. The van der Waals surface area contributed by atoms with Crippen LogP contribution in [0.3, 0.4) is 0 Å². The summed E-state index contributed by atoms with van der Waals surface area (Å²) in [6.45, 7) is -0.0473. The van der Waals surface area contributed by atoms with E-state index in [1.165, 1.54) is 18.3 Å². The van der Waals surface area contributed by atoms with Gasteiger partial charge in [-0.05, 0) is 6.07 Å². The zero-order valence-electron chi connectivity index (χ0n) is 11.1. The minimum Gasteiger partial charge on any atom is -0.400 e. The summed E-state index contributed by atoms with van der Waals surface area (Å²) in [6, 6.07) is 2.55. The van der Waals surface area contributed by atoms with Crippen molar-refractivity contribution in [3.05, 3.63) is 40.0 Å². The van der Waals surface area contributed by atoms with Crippen LogP contribution < -0.4 is 10.7 Å². The van der Waals surface area contributed by atoms with E-state index in [9.17, 15) is 14.5 Å². The lowest BCUT2D eigenvalue weighted by atomic mass is 10.5. The lowest BCUT2D eigenvalue weighted by Gasteiger charge is -2.05. The second kappa shape index (κ2) is 7.08. The van der Waals surface area contributed by atoms with E-state index >= 15 is 0 Å². The van der Waals surface area contributed by atoms with Gasteiger partial charge in [-0.25, -0.2) is 14.8 Å². The van der Waals surface area contributed by atoms with Gasteiger partial charge in [0, 0.05) is 6.54 Å². The van der Waals surface area contributed by atoms with Gasteiger partial charge in [0.1, 0.15) is 4.92 Å². The Morgan fingerprint density at radius 2 is 2.36 bits per heavy atom. The van der Waals surface area contributed by atoms with Gasteiger partial charge in [-0.3, -0.25) is 10.1 Å². The molecule has 116 valence electrons. The van der Waals surface area contributed by atoms with Gasteiger partial charge in [-0.1, -0.05) is 0 Å². The molecule has 2 aromatic rings. The third kappa shape index (κ3) is 3.96. The Morgan fingerprint density at radius 3 is 3.05 bits per heavy atom. The van der Waals surface area contributed by atoms with Crippen LogP contribution in [-0.2, 0) is 0 Å². The Hall–Kier alpha value is -3.08. The highest BCUT2D eigenvalue weighted by atomic mass is 19.1. The highest BCUT2D eigenvalue weighted by molar-refractivity contribution is 5.76. The summed E-state index contributed by atoms with van der Waals surface area (Å²) in [4.78, 5) is 17.2. The molecule has 0 saturated heterocycles. The van der Waals surface area contributed by atoms with Crippen LogP contribution in [0.4, 0.5) is 22.0 Å². The van der Waals surface area contributed by atoms with Crippen LogP contribution in [0.5, 0.6) is 0 Å². The van der Waals surface area contributed by atoms with Gasteiger partial charge in [0.2, 0.25) is 5.95 Å². The van der Waals surface area contributed by atoms with Gasteiger partial charge in [0.25, 0.3) is 0 Å². The number of rotatable bonds is 7. The minimum atomic E-state index is -0.676. The van der Waals surface area contributed by atoms with Crippen LogP contribution >= 0.6 is 0 Å². The first-order valence-electron chi connectivity index (χ1n) is 6.00. The zero-order chi connectivity index (χ0) is 15.9. The van der Waals surface area contributed by atoms with Crippen LogP contribution in [0.1, 0.15) is 5.76 Å². The Kier molecular flexibility index (Phi) is 4.93. The molecule has 0 fully saturated rings. The summed E-state index contributed by atoms with van der Waals surface area (Å²) in [6.07, 6.45) is 2.11. The number of aliphatic hydroxyl groups is 1. The smallest absolute Gasteiger partial charge is 0.400 e. The van der Waals surface area contributed by atoms with Gasteiger partial charge in [0.15, 0.2) is 17.4 Å². The fourth-order valence-electron chi connectivity index (χ4n) is 1.38. The lowest BCUT2D eigenvalue weighted by molar-refractivity contribution is -0.402. The molecule has 0 aliphatic carbocycles. The normalized spacial score (nSPS) is 10.8. The van der Waals surface area contributed by atoms with E-state index in [1.54, 1.807) is 0 Å². The number of hydrogen-bond donors (Lipinski definition) is 3. The van der Waals surface area contributed by atoms with E-state index in [0.717, 1.165) is 6.20 Å². The van der Waals surface area contributed by atoms with Gasteiger partial charge < -0.3 is 14.8 Å². The summed E-state index contributed by atoms with van der Waals surface area (Å²) >= 11 is 0. The predicted octanol–water partition coefficient (Wildman–Crippen LogP) is 0.967. The van der Waals surface area contributed by atoms with Crippen LogP contribution in [0.15, 0.2) is 27.8 Å². The fourth-order valence-corrected chi connectivity index (χ4v) is 1.38.